The number of alkyl halides is 2. The Morgan fingerprint density at radius 2 is 1.78 bits per heavy atom. The maximum Gasteiger partial charge on any atom is 0.408 e. The van der Waals surface area contributed by atoms with Gasteiger partial charge in [0.25, 0.3) is 5.91 Å². The van der Waals surface area contributed by atoms with Crippen molar-refractivity contribution in [1.29, 1.82) is 0 Å². The Hall–Kier alpha value is -3.08. The van der Waals surface area contributed by atoms with Crippen LogP contribution in [0.1, 0.15) is 17.2 Å². The largest absolute Gasteiger partial charge is 0.465 e. The first-order valence-corrected chi connectivity index (χ1v) is 13.3. The Balaban J connectivity index is 1.95. The molecule has 1 aliphatic rings. The summed E-state index contributed by atoms with van der Waals surface area (Å²) in [5.41, 5.74) is 0.590. The number of amides is 2. The molecule has 32 heavy (non-hydrogen) atoms. The van der Waals surface area contributed by atoms with E-state index in [1.54, 1.807) is 19.6 Å². The van der Waals surface area contributed by atoms with Gasteiger partial charge < -0.3 is 15.2 Å². The fraction of sp³-hybridized carbons (Fsp3) is 0.333. The summed E-state index contributed by atoms with van der Waals surface area (Å²) in [6.45, 7) is 2.23. The molecule has 0 aliphatic carbocycles. The van der Waals surface area contributed by atoms with E-state index in [1.165, 1.54) is 18.2 Å². The lowest BCUT2D eigenvalue weighted by Gasteiger charge is -2.34. The molecule has 0 saturated heterocycles. The number of carbonyl (C=O) groups excluding carboxylic acids is 1. The van der Waals surface area contributed by atoms with Crippen LogP contribution in [0.5, 0.6) is 5.75 Å². The maximum absolute atomic E-state index is 14.6. The summed E-state index contributed by atoms with van der Waals surface area (Å²) in [5.74, 6) is -2.51. The molecule has 2 aromatic rings. The summed E-state index contributed by atoms with van der Waals surface area (Å²) in [5, 5.41) is 11.9. The van der Waals surface area contributed by atoms with Crippen LogP contribution in [0, 0.1) is 11.6 Å². The van der Waals surface area contributed by atoms with Crippen molar-refractivity contribution in [2.24, 2.45) is 0 Å². The molecule has 172 valence electrons. The third kappa shape index (κ3) is 4.87. The lowest BCUT2D eigenvalue weighted by molar-refractivity contribution is -0.121. The molecular formula is C21H22F4N2O4Si. The zero-order valence-corrected chi connectivity index (χ0v) is 18.6. The zero-order chi connectivity index (χ0) is 23.8. The maximum atomic E-state index is 14.6. The highest BCUT2D eigenvalue weighted by Crippen LogP contribution is 2.34. The SMILES string of the molecule is C[Si](C)(C)c1c(F)cc(NC(=O)[C@@H]2c3ccc(OC(F)F)cc3CCN2C(=O)O)cc1F. The zero-order valence-electron chi connectivity index (χ0n) is 17.6. The van der Waals surface area contributed by atoms with Crippen molar-refractivity contribution in [3.63, 3.8) is 0 Å². The fourth-order valence-corrected chi connectivity index (χ4v) is 5.42. The summed E-state index contributed by atoms with van der Waals surface area (Å²) in [6, 6.07) is 4.54. The van der Waals surface area contributed by atoms with Gasteiger partial charge in [-0.2, -0.15) is 8.78 Å². The fourth-order valence-electron chi connectivity index (χ4n) is 3.84. The molecule has 0 bridgehead atoms. The summed E-state index contributed by atoms with van der Waals surface area (Å²) < 4.78 is 58.5. The van der Waals surface area contributed by atoms with Gasteiger partial charge in [-0.1, -0.05) is 25.7 Å². The standard InChI is InChI=1S/C21H22F4N2O4Si/c1-32(2,3)18-15(22)9-12(10-16(18)23)26-19(28)17-14-5-4-13(31-20(24)25)8-11(14)6-7-27(17)21(29)30/h4-5,8-10,17,20H,6-7H2,1-3H3,(H,26,28)(H,29,30)/t17-/m0/s1. The number of ether oxygens (including phenoxy) is 1. The minimum atomic E-state index is -3.03. The Labute approximate surface area is 182 Å². The van der Waals surface area contributed by atoms with Crippen molar-refractivity contribution in [3.05, 3.63) is 53.1 Å². The first-order chi connectivity index (χ1) is 14.9. The van der Waals surface area contributed by atoms with Gasteiger partial charge >= 0.3 is 12.7 Å². The van der Waals surface area contributed by atoms with Gasteiger partial charge in [0.1, 0.15) is 23.4 Å². The van der Waals surface area contributed by atoms with E-state index in [1.807, 2.05) is 0 Å². The highest BCUT2D eigenvalue weighted by atomic mass is 28.3. The number of fused-ring (bicyclic) bond motifs is 1. The Morgan fingerprint density at radius 3 is 2.31 bits per heavy atom. The lowest BCUT2D eigenvalue weighted by Crippen LogP contribution is -2.45. The molecule has 1 heterocycles. The van der Waals surface area contributed by atoms with Crippen LogP contribution >= 0.6 is 0 Å². The van der Waals surface area contributed by atoms with Crippen LogP contribution in [0.2, 0.25) is 19.6 Å². The van der Waals surface area contributed by atoms with Crippen molar-refractivity contribution < 1.29 is 37.0 Å². The number of carboxylic acid groups (broad SMARTS) is 1. The van der Waals surface area contributed by atoms with Gasteiger partial charge in [-0.3, -0.25) is 9.69 Å². The smallest absolute Gasteiger partial charge is 0.408 e. The number of rotatable bonds is 5. The van der Waals surface area contributed by atoms with Crippen LogP contribution in [0.25, 0.3) is 0 Å². The van der Waals surface area contributed by atoms with E-state index in [2.05, 4.69) is 10.1 Å². The summed E-state index contributed by atoms with van der Waals surface area (Å²) in [4.78, 5) is 25.6. The monoisotopic (exact) mass is 470 g/mol. The lowest BCUT2D eigenvalue weighted by atomic mass is 9.92. The van der Waals surface area contributed by atoms with Crippen LogP contribution < -0.4 is 15.2 Å². The molecule has 0 fully saturated rings. The molecule has 2 amide bonds. The van der Waals surface area contributed by atoms with Gasteiger partial charge in [-0.05, 0) is 41.8 Å². The van der Waals surface area contributed by atoms with Crippen molar-refractivity contribution in [1.82, 2.24) is 4.90 Å². The van der Waals surface area contributed by atoms with Crippen LogP contribution in [0.3, 0.4) is 0 Å². The second-order valence-electron chi connectivity index (χ2n) is 8.42. The van der Waals surface area contributed by atoms with Gasteiger partial charge in [0.15, 0.2) is 0 Å². The number of anilines is 1. The van der Waals surface area contributed by atoms with Gasteiger partial charge in [0, 0.05) is 17.4 Å². The first kappa shape index (κ1) is 23.6. The van der Waals surface area contributed by atoms with Crippen LogP contribution in [0.15, 0.2) is 30.3 Å². The average molecular weight is 470 g/mol. The van der Waals surface area contributed by atoms with Gasteiger partial charge in [-0.25, -0.2) is 13.6 Å². The van der Waals surface area contributed by atoms with Crippen molar-refractivity contribution in [3.8, 4) is 5.75 Å². The van der Waals surface area contributed by atoms with E-state index in [-0.39, 0.29) is 35.2 Å². The number of hydrogen-bond donors (Lipinski definition) is 2. The number of nitrogens with one attached hydrogen (secondary N) is 1. The first-order valence-electron chi connectivity index (χ1n) is 9.76. The molecule has 1 aliphatic heterocycles. The molecule has 6 nitrogen and oxygen atoms in total. The highest BCUT2D eigenvalue weighted by molar-refractivity contribution is 6.88. The molecular weight excluding hydrogens is 448 g/mol. The molecule has 2 aromatic carbocycles. The van der Waals surface area contributed by atoms with Crippen LogP contribution in [-0.4, -0.2) is 43.2 Å². The molecule has 2 N–H and O–H groups in total. The normalized spacial score (nSPS) is 16.0. The molecule has 0 saturated carbocycles. The van der Waals surface area contributed by atoms with E-state index in [0.29, 0.717) is 5.56 Å². The molecule has 0 radical (unpaired) electrons. The average Bonchev–Trinajstić information content (AvgIpc) is 2.64. The second-order valence-corrected chi connectivity index (χ2v) is 13.4. The van der Waals surface area contributed by atoms with Crippen LogP contribution in [-0.2, 0) is 11.2 Å². The molecule has 1 atom stereocenters. The molecule has 0 aromatic heterocycles. The molecule has 3 rings (SSSR count). The molecule has 0 unspecified atom stereocenters. The minimum absolute atomic E-state index is 0.00256. The van der Waals surface area contributed by atoms with Gasteiger partial charge in [0.05, 0.1) is 8.07 Å². The predicted molar refractivity (Wildman–Crippen MR) is 112 cm³/mol. The van der Waals surface area contributed by atoms with Crippen molar-refractivity contribution in [2.45, 2.75) is 38.7 Å². The third-order valence-corrected chi connectivity index (χ3v) is 7.10. The van der Waals surface area contributed by atoms with Gasteiger partial charge in [0.2, 0.25) is 0 Å². The van der Waals surface area contributed by atoms with E-state index in [9.17, 15) is 32.3 Å². The number of carbonyl (C=O) groups is 2. The second kappa shape index (κ2) is 8.81. The summed E-state index contributed by atoms with van der Waals surface area (Å²) in [7, 11) is -2.32. The number of nitrogens with zero attached hydrogens (tertiary/aromatic N) is 1. The quantitative estimate of drug-likeness (QED) is 0.504. The molecule has 0 spiro atoms. The molecule has 11 heteroatoms. The van der Waals surface area contributed by atoms with E-state index >= 15 is 0 Å². The van der Waals surface area contributed by atoms with E-state index in [0.717, 1.165) is 17.0 Å². The Morgan fingerprint density at radius 1 is 1.16 bits per heavy atom. The van der Waals surface area contributed by atoms with E-state index in [4.69, 9.17) is 0 Å². The number of hydrogen-bond acceptors (Lipinski definition) is 3. The van der Waals surface area contributed by atoms with Crippen molar-refractivity contribution in [2.75, 3.05) is 11.9 Å². The summed E-state index contributed by atoms with van der Waals surface area (Å²) in [6.07, 6.45) is -1.19. The minimum Gasteiger partial charge on any atom is -0.465 e. The topological polar surface area (TPSA) is 78.9 Å². The van der Waals surface area contributed by atoms with Crippen LogP contribution in [0.4, 0.5) is 28.0 Å². The number of halogens is 4. The van der Waals surface area contributed by atoms with E-state index < -0.39 is 44.4 Å². The summed E-state index contributed by atoms with van der Waals surface area (Å²) >= 11 is 0. The number of benzene rings is 2. The highest BCUT2D eigenvalue weighted by Gasteiger charge is 2.36. The third-order valence-electron chi connectivity index (χ3n) is 5.12. The van der Waals surface area contributed by atoms with Crippen molar-refractivity contribution >= 4 is 30.9 Å². The Bertz CT molecular complexity index is 1040. The van der Waals surface area contributed by atoms with Gasteiger partial charge in [-0.15, -0.1) is 0 Å². The Kier molecular flexibility index (Phi) is 6.49. The predicted octanol–water partition coefficient (Wildman–Crippen LogP) is 4.33.